The Kier molecular flexibility index (Phi) is 5.47. The summed E-state index contributed by atoms with van der Waals surface area (Å²) in [6.07, 6.45) is 3.28. The first-order valence-corrected chi connectivity index (χ1v) is 9.16. The van der Waals surface area contributed by atoms with Crippen LogP contribution in [0.1, 0.15) is 4.88 Å². The molecular weight excluding hydrogens is 356 g/mol. The van der Waals surface area contributed by atoms with Crippen molar-refractivity contribution in [1.29, 1.82) is 0 Å². The van der Waals surface area contributed by atoms with Crippen LogP contribution >= 0.6 is 22.7 Å². The summed E-state index contributed by atoms with van der Waals surface area (Å²) in [7, 11) is 3.22. The van der Waals surface area contributed by atoms with Crippen molar-refractivity contribution in [2.24, 2.45) is 0 Å². The second kappa shape index (κ2) is 7.96. The Hall–Kier alpha value is -2.64. The predicted molar refractivity (Wildman–Crippen MR) is 103 cm³/mol. The summed E-state index contributed by atoms with van der Waals surface area (Å²) >= 11 is 2.93. The quantitative estimate of drug-likeness (QED) is 0.645. The zero-order valence-electron chi connectivity index (χ0n) is 13.7. The molecule has 0 saturated heterocycles. The maximum absolute atomic E-state index is 12.0. The molecule has 3 rings (SSSR count). The van der Waals surface area contributed by atoms with Crippen LogP contribution in [0.2, 0.25) is 0 Å². The Bertz CT molecular complexity index is 886. The fourth-order valence-electron chi connectivity index (χ4n) is 2.16. The van der Waals surface area contributed by atoms with Crippen molar-refractivity contribution in [3.8, 4) is 22.8 Å². The number of thiazole rings is 1. The number of amides is 1. The number of anilines is 1. The summed E-state index contributed by atoms with van der Waals surface area (Å²) < 4.78 is 10.6. The summed E-state index contributed by atoms with van der Waals surface area (Å²) in [5.41, 5.74) is 1.53. The third-order valence-corrected chi connectivity index (χ3v) is 4.95. The number of rotatable bonds is 6. The maximum Gasteiger partial charge on any atom is 0.250 e. The van der Waals surface area contributed by atoms with Gasteiger partial charge in [0, 0.05) is 21.9 Å². The number of aromatic nitrogens is 1. The fourth-order valence-corrected chi connectivity index (χ4v) is 3.49. The van der Waals surface area contributed by atoms with Crippen molar-refractivity contribution >= 4 is 39.8 Å². The van der Waals surface area contributed by atoms with Gasteiger partial charge in [0.1, 0.15) is 11.5 Å². The molecule has 0 spiro atoms. The number of hydrogen-bond donors (Lipinski definition) is 1. The molecule has 0 fully saturated rings. The third-order valence-electron chi connectivity index (χ3n) is 3.36. The molecule has 2 heterocycles. The van der Waals surface area contributed by atoms with Crippen LogP contribution in [0.25, 0.3) is 17.3 Å². The van der Waals surface area contributed by atoms with Gasteiger partial charge >= 0.3 is 0 Å². The molecule has 3 aromatic rings. The first kappa shape index (κ1) is 17.2. The second-order valence-electron chi connectivity index (χ2n) is 4.94. The van der Waals surface area contributed by atoms with E-state index in [4.69, 9.17) is 9.47 Å². The Labute approximate surface area is 153 Å². The molecule has 1 N–H and O–H groups in total. The minimum atomic E-state index is -0.216. The zero-order valence-corrected chi connectivity index (χ0v) is 15.3. The van der Waals surface area contributed by atoms with E-state index in [1.54, 1.807) is 31.6 Å². The van der Waals surface area contributed by atoms with Gasteiger partial charge in [0.15, 0.2) is 5.13 Å². The molecule has 128 valence electrons. The van der Waals surface area contributed by atoms with Gasteiger partial charge in [-0.15, -0.1) is 22.7 Å². The van der Waals surface area contributed by atoms with Crippen molar-refractivity contribution in [2.75, 3.05) is 19.5 Å². The number of carbonyl (C=O) groups excluding carboxylic acids is 1. The summed E-state index contributed by atoms with van der Waals surface area (Å²) in [4.78, 5) is 17.5. The van der Waals surface area contributed by atoms with Crippen LogP contribution in [0.3, 0.4) is 0 Å². The number of thiophene rings is 1. The van der Waals surface area contributed by atoms with E-state index in [0.717, 1.165) is 16.1 Å². The molecule has 5 nitrogen and oxygen atoms in total. The lowest BCUT2D eigenvalue weighted by atomic mass is 10.1. The molecule has 0 aliphatic carbocycles. The number of benzene rings is 1. The van der Waals surface area contributed by atoms with Gasteiger partial charge in [0.25, 0.3) is 0 Å². The normalized spacial score (nSPS) is 10.8. The average Bonchev–Trinajstić information content (AvgIpc) is 3.31. The highest BCUT2D eigenvalue weighted by atomic mass is 32.1. The summed E-state index contributed by atoms with van der Waals surface area (Å²) in [5, 5.41) is 7.14. The van der Waals surface area contributed by atoms with Crippen LogP contribution in [0.15, 0.2) is 47.2 Å². The predicted octanol–water partition coefficient (Wildman–Crippen LogP) is 4.54. The number of nitrogens with zero attached hydrogens (tertiary/aromatic N) is 1. The van der Waals surface area contributed by atoms with E-state index >= 15 is 0 Å². The van der Waals surface area contributed by atoms with Crippen LogP contribution in [-0.2, 0) is 4.79 Å². The Morgan fingerprint density at radius 2 is 2.08 bits per heavy atom. The Morgan fingerprint density at radius 1 is 1.20 bits per heavy atom. The highest BCUT2D eigenvalue weighted by Gasteiger charge is 2.12. The van der Waals surface area contributed by atoms with Gasteiger partial charge in [-0.1, -0.05) is 6.07 Å². The average molecular weight is 372 g/mol. The minimum absolute atomic E-state index is 0.216. The Balaban J connectivity index is 1.75. The lowest BCUT2D eigenvalue weighted by Crippen LogP contribution is -2.07. The van der Waals surface area contributed by atoms with Crippen LogP contribution in [0, 0.1) is 0 Å². The van der Waals surface area contributed by atoms with Crippen molar-refractivity contribution in [3.63, 3.8) is 0 Å². The number of carbonyl (C=O) groups is 1. The molecule has 2 aromatic heterocycles. The third kappa shape index (κ3) is 4.26. The molecule has 7 heteroatoms. The summed E-state index contributed by atoms with van der Waals surface area (Å²) in [6, 6.07) is 9.40. The molecule has 1 aromatic carbocycles. The number of nitrogens with one attached hydrogen (secondary N) is 1. The number of hydrogen-bond acceptors (Lipinski definition) is 6. The monoisotopic (exact) mass is 372 g/mol. The summed E-state index contributed by atoms with van der Waals surface area (Å²) in [6.45, 7) is 0. The first-order valence-electron chi connectivity index (χ1n) is 7.40. The standard InChI is InChI=1S/C18H16N2O3S2/c1-22-12-5-7-16(23-2)14(10-12)15-11-25-18(19-15)20-17(21)8-6-13-4-3-9-24-13/h3-11H,1-2H3,(H,19,20,21). The van der Waals surface area contributed by atoms with Crippen LogP contribution in [0.5, 0.6) is 11.5 Å². The molecule has 1 amide bonds. The van der Waals surface area contributed by atoms with Gasteiger partial charge in [-0.25, -0.2) is 4.98 Å². The van der Waals surface area contributed by atoms with E-state index in [1.807, 2.05) is 41.1 Å². The molecule has 0 aliphatic heterocycles. The van der Waals surface area contributed by atoms with E-state index in [9.17, 15) is 4.79 Å². The van der Waals surface area contributed by atoms with E-state index in [2.05, 4.69) is 10.3 Å². The SMILES string of the molecule is COc1ccc(OC)c(-c2csc(NC(=O)C=Cc3cccs3)n2)c1. The lowest BCUT2D eigenvalue weighted by Gasteiger charge is -2.08. The molecule has 25 heavy (non-hydrogen) atoms. The smallest absolute Gasteiger partial charge is 0.250 e. The largest absolute Gasteiger partial charge is 0.497 e. The fraction of sp³-hybridized carbons (Fsp3) is 0.111. The molecule has 0 aliphatic rings. The molecule has 0 unspecified atom stereocenters. The first-order chi connectivity index (χ1) is 12.2. The number of ether oxygens (including phenoxy) is 2. The second-order valence-corrected chi connectivity index (χ2v) is 6.78. The zero-order chi connectivity index (χ0) is 17.6. The Morgan fingerprint density at radius 3 is 2.80 bits per heavy atom. The molecule has 0 saturated carbocycles. The van der Waals surface area contributed by atoms with Crippen molar-refractivity contribution in [1.82, 2.24) is 4.98 Å². The van der Waals surface area contributed by atoms with E-state index < -0.39 is 0 Å². The van der Waals surface area contributed by atoms with Crippen LogP contribution < -0.4 is 14.8 Å². The number of methoxy groups -OCH3 is 2. The van der Waals surface area contributed by atoms with Crippen molar-refractivity contribution in [2.45, 2.75) is 0 Å². The van der Waals surface area contributed by atoms with Gasteiger partial charge in [0.2, 0.25) is 5.91 Å². The highest BCUT2D eigenvalue weighted by Crippen LogP contribution is 2.35. The van der Waals surface area contributed by atoms with Crippen molar-refractivity contribution < 1.29 is 14.3 Å². The maximum atomic E-state index is 12.0. The lowest BCUT2D eigenvalue weighted by molar-refractivity contribution is -0.111. The summed E-state index contributed by atoms with van der Waals surface area (Å²) in [5.74, 6) is 1.20. The van der Waals surface area contributed by atoms with Gasteiger partial charge < -0.3 is 9.47 Å². The van der Waals surface area contributed by atoms with Gasteiger partial charge in [-0.05, 0) is 35.7 Å². The van der Waals surface area contributed by atoms with E-state index in [1.165, 1.54) is 17.4 Å². The van der Waals surface area contributed by atoms with Gasteiger partial charge in [-0.2, -0.15) is 0 Å². The molecule has 0 radical (unpaired) electrons. The van der Waals surface area contributed by atoms with Crippen LogP contribution in [-0.4, -0.2) is 25.1 Å². The van der Waals surface area contributed by atoms with E-state index in [0.29, 0.717) is 16.6 Å². The van der Waals surface area contributed by atoms with Gasteiger partial charge in [-0.3, -0.25) is 10.1 Å². The minimum Gasteiger partial charge on any atom is -0.497 e. The molecule has 0 atom stereocenters. The van der Waals surface area contributed by atoms with Crippen LogP contribution in [0.4, 0.5) is 5.13 Å². The highest BCUT2D eigenvalue weighted by molar-refractivity contribution is 7.14. The molecular formula is C18H16N2O3S2. The molecule has 0 bridgehead atoms. The van der Waals surface area contributed by atoms with E-state index in [-0.39, 0.29) is 5.91 Å². The topological polar surface area (TPSA) is 60.5 Å². The van der Waals surface area contributed by atoms with Crippen molar-refractivity contribution in [3.05, 3.63) is 52.0 Å². The van der Waals surface area contributed by atoms with Gasteiger partial charge in [0.05, 0.1) is 19.9 Å².